The van der Waals surface area contributed by atoms with Gasteiger partial charge in [0.1, 0.15) is 5.75 Å². The zero-order valence-corrected chi connectivity index (χ0v) is 10.3. The second kappa shape index (κ2) is 4.91. The normalized spacial score (nSPS) is 10.3. The van der Waals surface area contributed by atoms with Gasteiger partial charge >= 0.3 is 5.97 Å². The Balaban J connectivity index is 2.45. The minimum atomic E-state index is -0.891. The van der Waals surface area contributed by atoms with Crippen molar-refractivity contribution in [2.75, 3.05) is 7.11 Å². The molecule has 1 aromatic heterocycles. The molecule has 18 heavy (non-hydrogen) atoms. The van der Waals surface area contributed by atoms with E-state index in [0.29, 0.717) is 5.69 Å². The van der Waals surface area contributed by atoms with Crippen LogP contribution in [0.1, 0.15) is 5.69 Å². The van der Waals surface area contributed by atoms with Crippen molar-refractivity contribution in [3.8, 4) is 16.9 Å². The molecule has 1 N–H and O–H groups in total. The molecule has 0 unspecified atom stereocenters. The topological polar surface area (TPSA) is 64.4 Å². The van der Waals surface area contributed by atoms with Crippen LogP contribution >= 0.6 is 0 Å². The maximum absolute atomic E-state index is 10.8. The number of rotatable bonds is 4. The molecule has 0 aliphatic carbocycles. The van der Waals surface area contributed by atoms with Crippen LogP contribution in [0.4, 0.5) is 0 Å². The number of carboxylic acids is 1. The highest BCUT2D eigenvalue weighted by atomic mass is 16.5. The lowest BCUT2D eigenvalue weighted by atomic mass is 10.0. The summed E-state index contributed by atoms with van der Waals surface area (Å²) in [5.74, 6) is -0.157. The van der Waals surface area contributed by atoms with Gasteiger partial charge in [-0.1, -0.05) is 12.1 Å². The minimum Gasteiger partial charge on any atom is -0.497 e. The fourth-order valence-corrected chi connectivity index (χ4v) is 1.84. The zero-order valence-electron chi connectivity index (χ0n) is 10.3. The van der Waals surface area contributed by atoms with Gasteiger partial charge in [-0.2, -0.15) is 5.10 Å². The van der Waals surface area contributed by atoms with Crippen molar-refractivity contribution in [3.05, 3.63) is 36.2 Å². The van der Waals surface area contributed by atoms with Crippen molar-refractivity contribution in [2.24, 2.45) is 7.05 Å². The summed E-state index contributed by atoms with van der Waals surface area (Å²) < 4.78 is 6.78. The summed E-state index contributed by atoms with van der Waals surface area (Å²) in [6, 6.07) is 7.48. The Hall–Kier alpha value is -2.30. The second-order valence-corrected chi connectivity index (χ2v) is 3.97. The number of aliphatic carboxylic acids is 1. The Morgan fingerprint density at radius 1 is 1.50 bits per heavy atom. The molecule has 0 saturated carbocycles. The van der Waals surface area contributed by atoms with Gasteiger partial charge in [-0.25, -0.2) is 0 Å². The number of hydrogen-bond donors (Lipinski definition) is 1. The number of aryl methyl sites for hydroxylation is 1. The van der Waals surface area contributed by atoms with E-state index >= 15 is 0 Å². The van der Waals surface area contributed by atoms with E-state index in [4.69, 9.17) is 9.84 Å². The van der Waals surface area contributed by atoms with Crippen LogP contribution in [-0.2, 0) is 18.3 Å². The van der Waals surface area contributed by atoms with Crippen molar-refractivity contribution in [3.63, 3.8) is 0 Å². The van der Waals surface area contributed by atoms with E-state index in [1.807, 2.05) is 30.5 Å². The molecular weight excluding hydrogens is 232 g/mol. The minimum absolute atomic E-state index is 0.0899. The second-order valence-electron chi connectivity index (χ2n) is 3.97. The molecule has 94 valence electrons. The van der Waals surface area contributed by atoms with Crippen LogP contribution in [0.3, 0.4) is 0 Å². The summed E-state index contributed by atoms with van der Waals surface area (Å²) >= 11 is 0. The first-order valence-electron chi connectivity index (χ1n) is 5.49. The highest BCUT2D eigenvalue weighted by molar-refractivity contribution is 5.75. The van der Waals surface area contributed by atoms with Gasteiger partial charge in [0, 0.05) is 18.8 Å². The number of ether oxygens (including phenoxy) is 1. The Bertz CT molecular complexity index is 575. The van der Waals surface area contributed by atoms with Crippen molar-refractivity contribution in [1.82, 2.24) is 9.78 Å². The predicted octanol–water partition coefficient (Wildman–Crippen LogP) is 1.72. The summed E-state index contributed by atoms with van der Waals surface area (Å²) in [7, 11) is 3.37. The third-order valence-electron chi connectivity index (χ3n) is 2.60. The number of nitrogens with zero attached hydrogens (tertiary/aromatic N) is 2. The van der Waals surface area contributed by atoms with Crippen LogP contribution in [0.2, 0.25) is 0 Å². The van der Waals surface area contributed by atoms with Crippen LogP contribution < -0.4 is 4.74 Å². The lowest BCUT2D eigenvalue weighted by molar-refractivity contribution is -0.136. The summed E-state index contributed by atoms with van der Waals surface area (Å²) in [6.45, 7) is 0. The van der Waals surface area contributed by atoms with Crippen molar-refractivity contribution >= 4 is 5.97 Å². The van der Waals surface area contributed by atoms with Gasteiger partial charge in [0.25, 0.3) is 0 Å². The third kappa shape index (κ3) is 2.51. The first kappa shape index (κ1) is 12.2. The zero-order chi connectivity index (χ0) is 13.1. The molecule has 2 rings (SSSR count). The van der Waals surface area contributed by atoms with Gasteiger partial charge in [0.15, 0.2) is 0 Å². The third-order valence-corrected chi connectivity index (χ3v) is 2.60. The van der Waals surface area contributed by atoms with Gasteiger partial charge in [-0.15, -0.1) is 0 Å². The molecule has 1 heterocycles. The molecule has 0 fully saturated rings. The van der Waals surface area contributed by atoms with Gasteiger partial charge in [-0.05, 0) is 17.7 Å². The van der Waals surface area contributed by atoms with Crippen molar-refractivity contribution in [2.45, 2.75) is 6.42 Å². The monoisotopic (exact) mass is 246 g/mol. The molecule has 1 aromatic carbocycles. The molecule has 5 heteroatoms. The van der Waals surface area contributed by atoms with Gasteiger partial charge < -0.3 is 9.84 Å². The van der Waals surface area contributed by atoms with Gasteiger partial charge in [0.05, 0.1) is 19.2 Å². The predicted molar refractivity (Wildman–Crippen MR) is 66.5 cm³/mol. The van der Waals surface area contributed by atoms with Crippen LogP contribution in [0.25, 0.3) is 11.1 Å². The number of carboxylic acid groups (broad SMARTS) is 1. The molecule has 0 atom stereocenters. The number of carbonyl (C=O) groups is 1. The van der Waals surface area contributed by atoms with E-state index in [1.54, 1.807) is 18.8 Å². The standard InChI is InChI=1S/C13H14N2O3/c1-15-8-11(12(14-15)7-13(16)17)9-4-3-5-10(6-9)18-2/h3-6,8H,7H2,1-2H3,(H,16,17). The molecule has 0 spiro atoms. The maximum atomic E-state index is 10.8. The average Bonchev–Trinajstić information content (AvgIpc) is 2.69. The average molecular weight is 246 g/mol. The first-order chi connectivity index (χ1) is 8.60. The lowest BCUT2D eigenvalue weighted by Gasteiger charge is -2.03. The molecule has 0 radical (unpaired) electrons. The molecule has 2 aromatic rings. The Labute approximate surface area is 105 Å². The summed E-state index contributed by atoms with van der Waals surface area (Å²) in [4.78, 5) is 10.8. The van der Waals surface area contributed by atoms with Gasteiger partial charge in [0.2, 0.25) is 0 Å². The molecule has 0 bridgehead atoms. The van der Waals surface area contributed by atoms with E-state index in [2.05, 4.69) is 5.10 Å². The summed E-state index contributed by atoms with van der Waals surface area (Å²) in [5.41, 5.74) is 2.27. The molecule has 0 saturated heterocycles. The number of benzene rings is 1. The van der Waals surface area contributed by atoms with Crippen molar-refractivity contribution in [1.29, 1.82) is 0 Å². The van der Waals surface area contributed by atoms with Crippen LogP contribution in [-0.4, -0.2) is 28.0 Å². The fourth-order valence-electron chi connectivity index (χ4n) is 1.84. The van der Waals surface area contributed by atoms with E-state index < -0.39 is 5.97 Å². The largest absolute Gasteiger partial charge is 0.497 e. The number of aromatic nitrogens is 2. The van der Waals surface area contributed by atoms with E-state index in [1.165, 1.54) is 0 Å². The lowest BCUT2D eigenvalue weighted by Crippen LogP contribution is -2.02. The van der Waals surface area contributed by atoms with E-state index in [9.17, 15) is 4.79 Å². The van der Waals surface area contributed by atoms with Crippen LogP contribution in [0, 0.1) is 0 Å². The van der Waals surface area contributed by atoms with Gasteiger partial charge in [-0.3, -0.25) is 9.48 Å². The van der Waals surface area contributed by atoms with E-state index in [0.717, 1.165) is 16.9 Å². The Kier molecular flexibility index (Phi) is 3.32. The molecule has 0 aliphatic rings. The highest BCUT2D eigenvalue weighted by Crippen LogP contribution is 2.26. The Morgan fingerprint density at radius 2 is 2.28 bits per heavy atom. The molecule has 0 amide bonds. The summed E-state index contributed by atoms with van der Waals surface area (Å²) in [6.07, 6.45) is 1.72. The Morgan fingerprint density at radius 3 is 2.94 bits per heavy atom. The molecule has 0 aliphatic heterocycles. The summed E-state index contributed by atoms with van der Waals surface area (Å²) in [5, 5.41) is 13.1. The highest BCUT2D eigenvalue weighted by Gasteiger charge is 2.13. The van der Waals surface area contributed by atoms with Crippen LogP contribution in [0.15, 0.2) is 30.5 Å². The SMILES string of the molecule is COc1cccc(-c2cn(C)nc2CC(=O)O)c1. The molecule has 5 nitrogen and oxygen atoms in total. The first-order valence-corrected chi connectivity index (χ1v) is 5.49. The fraction of sp³-hybridized carbons (Fsp3) is 0.231. The van der Waals surface area contributed by atoms with Crippen LogP contribution in [0.5, 0.6) is 5.75 Å². The molecular formula is C13H14N2O3. The number of hydrogen-bond acceptors (Lipinski definition) is 3. The smallest absolute Gasteiger partial charge is 0.309 e. The van der Waals surface area contributed by atoms with E-state index in [-0.39, 0.29) is 6.42 Å². The maximum Gasteiger partial charge on any atom is 0.309 e. The quantitative estimate of drug-likeness (QED) is 0.892. The van der Waals surface area contributed by atoms with Crippen molar-refractivity contribution < 1.29 is 14.6 Å². The number of methoxy groups -OCH3 is 1.